The van der Waals surface area contributed by atoms with Crippen molar-refractivity contribution in [2.45, 2.75) is 44.6 Å². The first-order valence-corrected chi connectivity index (χ1v) is 8.40. The van der Waals surface area contributed by atoms with E-state index in [4.69, 9.17) is 10.5 Å². The van der Waals surface area contributed by atoms with Crippen LogP contribution in [-0.2, 0) is 0 Å². The molecule has 0 aliphatic carbocycles. The van der Waals surface area contributed by atoms with E-state index < -0.39 is 0 Å². The zero-order valence-corrected chi connectivity index (χ0v) is 13.9. The molecule has 3 aromatic heterocycles. The van der Waals surface area contributed by atoms with Crippen LogP contribution in [-0.4, -0.2) is 24.7 Å². The van der Waals surface area contributed by atoms with Crippen LogP contribution in [0.3, 0.4) is 0 Å². The van der Waals surface area contributed by atoms with Crippen LogP contribution in [0.2, 0.25) is 0 Å². The van der Waals surface area contributed by atoms with Crippen LogP contribution in [0.1, 0.15) is 44.6 Å². The predicted molar refractivity (Wildman–Crippen MR) is 93.1 cm³/mol. The molecule has 1 N–H and O–H groups in total. The molecule has 3 aromatic rings. The highest BCUT2D eigenvalue weighted by molar-refractivity contribution is 5.89. The Morgan fingerprint density at radius 3 is 2.60 bits per heavy atom. The van der Waals surface area contributed by atoms with E-state index in [1.165, 1.54) is 0 Å². The average Bonchev–Trinajstić information content (AvgIpc) is 3.29. The number of aromatic amines is 1. The van der Waals surface area contributed by atoms with E-state index in [0.717, 1.165) is 48.0 Å². The molecule has 0 fully saturated rings. The number of nitrogens with zero attached hydrogens (tertiary/aromatic N) is 6. The van der Waals surface area contributed by atoms with Crippen molar-refractivity contribution in [1.29, 1.82) is 10.5 Å². The monoisotopic (exact) mass is 333 g/mol. The molecule has 0 aliphatic heterocycles. The second kappa shape index (κ2) is 8.07. The van der Waals surface area contributed by atoms with Gasteiger partial charge in [0, 0.05) is 36.2 Å². The Labute approximate surface area is 145 Å². The lowest BCUT2D eigenvalue weighted by molar-refractivity contribution is 0.383. The Morgan fingerprint density at radius 2 is 1.88 bits per heavy atom. The molecular weight excluding hydrogens is 314 g/mol. The molecule has 0 saturated carbocycles. The van der Waals surface area contributed by atoms with E-state index in [0.29, 0.717) is 12.8 Å². The summed E-state index contributed by atoms with van der Waals surface area (Å²) in [6.45, 7) is 0. The summed E-state index contributed by atoms with van der Waals surface area (Å²) in [5.41, 5.74) is 2.60. The van der Waals surface area contributed by atoms with Gasteiger partial charge in [-0.15, -0.1) is 0 Å². The van der Waals surface area contributed by atoms with Crippen molar-refractivity contribution in [3.8, 4) is 23.4 Å². The third kappa shape index (κ3) is 3.84. The highest BCUT2D eigenvalue weighted by Crippen LogP contribution is 2.27. The quantitative estimate of drug-likeness (QED) is 0.632. The summed E-state index contributed by atoms with van der Waals surface area (Å²) in [5, 5.41) is 23.0. The number of hydrogen-bond acceptors (Lipinski definition) is 5. The van der Waals surface area contributed by atoms with Gasteiger partial charge in [-0.2, -0.15) is 15.6 Å². The molecule has 126 valence electrons. The van der Waals surface area contributed by atoms with Crippen molar-refractivity contribution < 1.29 is 0 Å². The van der Waals surface area contributed by atoms with Crippen molar-refractivity contribution in [2.24, 2.45) is 0 Å². The van der Waals surface area contributed by atoms with Crippen molar-refractivity contribution in [2.75, 3.05) is 0 Å². The van der Waals surface area contributed by atoms with Crippen molar-refractivity contribution >= 4 is 11.0 Å². The first-order chi connectivity index (χ1) is 12.3. The minimum atomic E-state index is 0.194. The average molecular weight is 333 g/mol. The number of fused-ring (bicyclic) bond motifs is 1. The molecule has 0 bridgehead atoms. The SMILES string of the molecule is N#CCCCC(CCCC#N)n1cc(-c2ncnc3[nH]ccc23)cn1. The van der Waals surface area contributed by atoms with Gasteiger partial charge in [-0.1, -0.05) is 0 Å². The van der Waals surface area contributed by atoms with Crippen LogP contribution in [0.15, 0.2) is 31.0 Å². The van der Waals surface area contributed by atoms with Crippen molar-refractivity contribution in [3.05, 3.63) is 31.0 Å². The molecular formula is C18H19N7. The molecule has 0 radical (unpaired) electrons. The number of hydrogen-bond donors (Lipinski definition) is 1. The van der Waals surface area contributed by atoms with Gasteiger partial charge in [0.2, 0.25) is 0 Å². The van der Waals surface area contributed by atoms with Crippen LogP contribution in [0.25, 0.3) is 22.3 Å². The number of H-pyrrole nitrogens is 1. The van der Waals surface area contributed by atoms with Gasteiger partial charge in [-0.25, -0.2) is 9.97 Å². The van der Waals surface area contributed by atoms with Crippen LogP contribution in [0.5, 0.6) is 0 Å². The Bertz CT molecular complexity index is 889. The molecule has 0 saturated heterocycles. The Kier molecular flexibility index (Phi) is 5.38. The maximum Gasteiger partial charge on any atom is 0.141 e. The Balaban J connectivity index is 1.82. The molecule has 7 nitrogen and oxygen atoms in total. The lowest BCUT2D eigenvalue weighted by Gasteiger charge is -2.16. The lowest BCUT2D eigenvalue weighted by Crippen LogP contribution is -2.09. The molecule has 0 unspecified atom stereocenters. The van der Waals surface area contributed by atoms with E-state index in [9.17, 15) is 0 Å². The summed E-state index contributed by atoms with van der Waals surface area (Å²) in [6.07, 6.45) is 11.7. The van der Waals surface area contributed by atoms with Crippen LogP contribution in [0, 0.1) is 22.7 Å². The Hall–Kier alpha value is -3.19. The highest BCUT2D eigenvalue weighted by Gasteiger charge is 2.15. The summed E-state index contributed by atoms with van der Waals surface area (Å²) < 4.78 is 1.95. The molecule has 0 atom stereocenters. The number of nitriles is 2. The van der Waals surface area contributed by atoms with Gasteiger partial charge in [-0.05, 0) is 31.7 Å². The van der Waals surface area contributed by atoms with Gasteiger partial charge in [0.25, 0.3) is 0 Å². The van der Waals surface area contributed by atoms with E-state index in [2.05, 4.69) is 32.2 Å². The zero-order valence-electron chi connectivity index (χ0n) is 13.9. The fourth-order valence-corrected chi connectivity index (χ4v) is 3.00. The van der Waals surface area contributed by atoms with Gasteiger partial charge >= 0.3 is 0 Å². The van der Waals surface area contributed by atoms with Crippen LogP contribution >= 0.6 is 0 Å². The minimum absolute atomic E-state index is 0.194. The number of aromatic nitrogens is 5. The van der Waals surface area contributed by atoms with Gasteiger partial charge in [0.15, 0.2) is 0 Å². The third-order valence-corrected chi connectivity index (χ3v) is 4.25. The highest BCUT2D eigenvalue weighted by atomic mass is 15.3. The lowest BCUT2D eigenvalue weighted by atomic mass is 10.0. The minimum Gasteiger partial charge on any atom is -0.346 e. The molecule has 3 heterocycles. The molecule has 0 aliphatic rings. The fourth-order valence-electron chi connectivity index (χ4n) is 3.00. The predicted octanol–water partition coefficient (Wildman–Crippen LogP) is 3.75. The Morgan fingerprint density at radius 1 is 1.12 bits per heavy atom. The van der Waals surface area contributed by atoms with Crippen LogP contribution in [0.4, 0.5) is 0 Å². The summed E-state index contributed by atoms with van der Waals surface area (Å²) in [7, 11) is 0. The van der Waals surface area contributed by atoms with Crippen molar-refractivity contribution in [1.82, 2.24) is 24.7 Å². The first kappa shape index (κ1) is 16.7. The molecule has 0 aromatic carbocycles. The molecule has 25 heavy (non-hydrogen) atoms. The smallest absolute Gasteiger partial charge is 0.141 e. The van der Waals surface area contributed by atoms with Gasteiger partial charge < -0.3 is 4.98 Å². The van der Waals surface area contributed by atoms with Gasteiger partial charge in [-0.3, -0.25) is 4.68 Å². The van der Waals surface area contributed by atoms with E-state index >= 15 is 0 Å². The fraction of sp³-hybridized carbons (Fsp3) is 0.389. The normalized spacial score (nSPS) is 10.8. The van der Waals surface area contributed by atoms with Gasteiger partial charge in [0.05, 0.1) is 30.1 Å². The molecule has 0 amide bonds. The van der Waals surface area contributed by atoms with Crippen molar-refractivity contribution in [3.63, 3.8) is 0 Å². The summed E-state index contributed by atoms with van der Waals surface area (Å²) in [4.78, 5) is 11.7. The number of nitrogens with one attached hydrogen (secondary N) is 1. The third-order valence-electron chi connectivity index (χ3n) is 4.25. The van der Waals surface area contributed by atoms with Crippen LogP contribution < -0.4 is 0 Å². The van der Waals surface area contributed by atoms with E-state index in [-0.39, 0.29) is 6.04 Å². The van der Waals surface area contributed by atoms with E-state index in [1.54, 1.807) is 6.33 Å². The molecule has 3 rings (SSSR count). The zero-order chi connectivity index (χ0) is 17.5. The number of unbranched alkanes of at least 4 members (excludes halogenated alkanes) is 2. The maximum absolute atomic E-state index is 8.76. The number of rotatable bonds is 8. The standard InChI is InChI=1S/C18H19N7/c19-8-3-1-5-15(6-2-4-9-20)25-12-14(11-24-25)17-16-7-10-21-18(16)23-13-22-17/h7,10-13,15H,1-6H2,(H,21,22,23). The summed E-state index contributed by atoms with van der Waals surface area (Å²) >= 11 is 0. The molecule has 7 heteroatoms. The molecule has 0 spiro atoms. The second-order valence-electron chi connectivity index (χ2n) is 5.93. The topological polar surface area (TPSA) is 107 Å². The van der Waals surface area contributed by atoms with E-state index in [1.807, 2.05) is 29.3 Å². The largest absolute Gasteiger partial charge is 0.346 e. The maximum atomic E-state index is 8.76. The summed E-state index contributed by atoms with van der Waals surface area (Å²) in [6, 6.07) is 6.53. The second-order valence-corrected chi connectivity index (χ2v) is 5.93. The first-order valence-electron chi connectivity index (χ1n) is 8.40. The summed E-state index contributed by atoms with van der Waals surface area (Å²) in [5.74, 6) is 0. The van der Waals surface area contributed by atoms with Gasteiger partial charge in [0.1, 0.15) is 12.0 Å².